The van der Waals surface area contributed by atoms with E-state index in [4.69, 9.17) is 0 Å². The molecule has 0 atom stereocenters. The Hall–Kier alpha value is 0.181. The number of nitrogens with one attached hydrogen (secondary N) is 1. The van der Waals surface area contributed by atoms with Crippen molar-refractivity contribution in [3.05, 3.63) is 24.3 Å². The largest absolute Gasteiger partial charge is 1.00 e. The smallest absolute Gasteiger partial charge is 0.445 e. The van der Waals surface area contributed by atoms with Crippen LogP contribution in [0.2, 0.25) is 0 Å². The Bertz CT molecular complexity index is 367. The number of hydrogen-bond donors (Lipinski definition) is 1. The Kier molecular flexibility index (Phi) is 7.66. The van der Waals surface area contributed by atoms with Gasteiger partial charge >= 0.3 is 58.4 Å². The van der Waals surface area contributed by atoms with Crippen LogP contribution in [0.15, 0.2) is 24.3 Å². The predicted molar refractivity (Wildman–Crippen MR) is 58.7 cm³/mol. The van der Waals surface area contributed by atoms with Crippen molar-refractivity contribution in [2.75, 3.05) is 5.32 Å². The second kappa shape index (κ2) is 7.58. The number of amides is 1. The second-order valence-corrected chi connectivity index (χ2v) is 3.49. The molecule has 0 aliphatic rings. The molecule has 0 aliphatic heterocycles. The van der Waals surface area contributed by atoms with Gasteiger partial charge in [0, 0.05) is 12.1 Å². The summed E-state index contributed by atoms with van der Waals surface area (Å²) in [5.41, 5.74) is -0.268. The van der Waals surface area contributed by atoms with Crippen LogP contribution >= 0.6 is 0 Å². The maximum Gasteiger partial charge on any atom is 1.00 e. The maximum atomic E-state index is 12.3. The van der Waals surface area contributed by atoms with E-state index < -0.39 is 12.4 Å². The normalized spacial score (nSPS) is 10.6. The molecular formula is C10H12BF3KNO. The van der Waals surface area contributed by atoms with Crippen molar-refractivity contribution < 1.29 is 69.1 Å². The van der Waals surface area contributed by atoms with Gasteiger partial charge in [-0.2, -0.15) is 0 Å². The van der Waals surface area contributed by atoms with Crippen LogP contribution in [-0.2, 0) is 4.79 Å². The second-order valence-electron chi connectivity index (χ2n) is 3.49. The van der Waals surface area contributed by atoms with Gasteiger partial charge in [0.15, 0.2) is 0 Å². The average Bonchev–Trinajstić information content (AvgIpc) is 2.17. The van der Waals surface area contributed by atoms with E-state index in [-0.39, 0.29) is 57.3 Å². The van der Waals surface area contributed by atoms with Crippen LogP contribution in [0.1, 0.15) is 19.8 Å². The molecule has 17 heavy (non-hydrogen) atoms. The number of carbonyl (C=O) groups is 1. The number of hydrogen-bond acceptors (Lipinski definition) is 1. The van der Waals surface area contributed by atoms with Crippen LogP contribution in [0.5, 0.6) is 0 Å². The summed E-state index contributed by atoms with van der Waals surface area (Å²) in [5, 5.41) is 2.52. The zero-order valence-corrected chi connectivity index (χ0v) is 13.0. The van der Waals surface area contributed by atoms with E-state index in [0.29, 0.717) is 18.5 Å². The molecule has 0 saturated carbocycles. The Balaban J connectivity index is 0.00000256. The zero-order chi connectivity index (χ0) is 12.2. The van der Waals surface area contributed by atoms with E-state index in [1.807, 2.05) is 6.92 Å². The minimum atomic E-state index is -4.96. The van der Waals surface area contributed by atoms with Crippen molar-refractivity contribution in [1.82, 2.24) is 0 Å². The number of benzene rings is 1. The summed E-state index contributed by atoms with van der Waals surface area (Å²) >= 11 is 0. The quantitative estimate of drug-likeness (QED) is 0.732. The van der Waals surface area contributed by atoms with E-state index in [1.165, 1.54) is 12.1 Å². The topological polar surface area (TPSA) is 29.1 Å². The summed E-state index contributed by atoms with van der Waals surface area (Å²) in [5.74, 6) is -0.187. The molecule has 1 amide bonds. The Morgan fingerprint density at radius 1 is 1.24 bits per heavy atom. The molecule has 0 unspecified atom stereocenters. The van der Waals surface area contributed by atoms with E-state index in [0.717, 1.165) is 12.1 Å². The predicted octanol–water partition coefficient (Wildman–Crippen LogP) is -0.516. The first-order valence-electron chi connectivity index (χ1n) is 5.03. The monoisotopic (exact) mass is 269 g/mol. The van der Waals surface area contributed by atoms with Gasteiger partial charge in [-0.25, -0.2) is 0 Å². The first kappa shape index (κ1) is 17.2. The summed E-state index contributed by atoms with van der Waals surface area (Å²) in [6, 6.07) is 4.47. The summed E-state index contributed by atoms with van der Waals surface area (Å²) in [6.45, 7) is -3.11. The van der Waals surface area contributed by atoms with E-state index in [2.05, 4.69) is 5.32 Å². The van der Waals surface area contributed by atoms with Gasteiger partial charge in [-0.1, -0.05) is 19.1 Å². The fourth-order valence-electron chi connectivity index (χ4n) is 1.24. The Morgan fingerprint density at radius 2 is 1.76 bits per heavy atom. The summed E-state index contributed by atoms with van der Waals surface area (Å²) < 4.78 is 36.8. The van der Waals surface area contributed by atoms with Crippen molar-refractivity contribution in [2.24, 2.45) is 0 Å². The molecule has 7 heteroatoms. The molecule has 0 aliphatic carbocycles. The molecule has 0 heterocycles. The van der Waals surface area contributed by atoms with Gasteiger partial charge in [0.1, 0.15) is 0 Å². The van der Waals surface area contributed by atoms with Gasteiger partial charge in [-0.15, -0.1) is 5.46 Å². The fourth-order valence-corrected chi connectivity index (χ4v) is 1.24. The number of carbonyl (C=O) groups excluding carboxylic acids is 1. The van der Waals surface area contributed by atoms with Crippen molar-refractivity contribution in [1.29, 1.82) is 0 Å². The summed E-state index contributed by atoms with van der Waals surface area (Å²) in [4.78, 5) is 11.2. The Morgan fingerprint density at radius 3 is 2.18 bits per heavy atom. The van der Waals surface area contributed by atoms with Crippen LogP contribution in [0, 0.1) is 0 Å². The Labute approximate surface area is 141 Å². The van der Waals surface area contributed by atoms with Gasteiger partial charge in [-0.3, -0.25) is 4.79 Å². The van der Waals surface area contributed by atoms with Gasteiger partial charge < -0.3 is 18.3 Å². The SMILES string of the molecule is CCCC(=O)Nc1ccc([B-](F)(F)F)cc1.[K+]. The molecule has 0 spiro atoms. The minimum absolute atomic E-state index is 0. The van der Waals surface area contributed by atoms with Crippen LogP contribution in [0.3, 0.4) is 0 Å². The fraction of sp³-hybridized carbons (Fsp3) is 0.300. The van der Waals surface area contributed by atoms with Crippen molar-refractivity contribution in [3.63, 3.8) is 0 Å². The van der Waals surface area contributed by atoms with E-state index in [1.54, 1.807) is 0 Å². The van der Waals surface area contributed by atoms with Gasteiger partial charge in [0.25, 0.3) is 0 Å². The summed E-state index contributed by atoms with van der Waals surface area (Å²) in [7, 11) is 0. The average molecular weight is 269 g/mol. The minimum Gasteiger partial charge on any atom is -0.445 e. The standard InChI is InChI=1S/C10H12BF3NO.K/c1-2-3-10(16)15-9-6-4-8(5-7-9)11(12,13)14;/h4-7H,2-3H2,1H3,(H,15,16);/q-1;+1. The molecular weight excluding hydrogens is 257 g/mol. The first-order chi connectivity index (χ1) is 7.43. The molecule has 2 nitrogen and oxygen atoms in total. The van der Waals surface area contributed by atoms with Crippen molar-refractivity contribution in [2.45, 2.75) is 19.8 Å². The van der Waals surface area contributed by atoms with E-state index >= 15 is 0 Å². The van der Waals surface area contributed by atoms with Crippen LogP contribution in [0.4, 0.5) is 18.6 Å². The molecule has 1 aromatic carbocycles. The molecule has 0 saturated heterocycles. The van der Waals surface area contributed by atoms with Crippen molar-refractivity contribution in [3.8, 4) is 0 Å². The molecule has 0 fully saturated rings. The molecule has 1 rings (SSSR count). The molecule has 0 bridgehead atoms. The number of rotatable bonds is 4. The molecule has 1 N–H and O–H groups in total. The van der Waals surface area contributed by atoms with Gasteiger partial charge in [0.2, 0.25) is 5.91 Å². The van der Waals surface area contributed by atoms with Gasteiger partial charge in [0.05, 0.1) is 0 Å². The maximum absolute atomic E-state index is 12.3. The molecule has 88 valence electrons. The van der Waals surface area contributed by atoms with Crippen LogP contribution in [0.25, 0.3) is 0 Å². The zero-order valence-electron chi connectivity index (χ0n) is 9.84. The molecule has 1 aromatic rings. The van der Waals surface area contributed by atoms with Crippen LogP contribution < -0.4 is 62.2 Å². The van der Waals surface area contributed by atoms with Crippen LogP contribution in [-0.4, -0.2) is 12.9 Å². The third kappa shape index (κ3) is 6.06. The van der Waals surface area contributed by atoms with Gasteiger partial charge in [-0.05, 0) is 18.6 Å². The summed E-state index contributed by atoms with van der Waals surface area (Å²) in [6.07, 6.45) is 1.07. The van der Waals surface area contributed by atoms with E-state index in [9.17, 15) is 17.7 Å². The molecule has 0 radical (unpaired) electrons. The third-order valence-electron chi connectivity index (χ3n) is 2.05. The number of anilines is 1. The molecule has 0 aromatic heterocycles. The number of halogens is 3. The first-order valence-corrected chi connectivity index (χ1v) is 5.03. The third-order valence-corrected chi connectivity index (χ3v) is 2.05. The van der Waals surface area contributed by atoms with Crippen molar-refractivity contribution >= 4 is 24.0 Å².